The van der Waals surface area contributed by atoms with Crippen molar-refractivity contribution in [2.45, 2.75) is 11.8 Å². The summed E-state index contributed by atoms with van der Waals surface area (Å²) < 4.78 is 25.7. The molecule has 0 aliphatic heterocycles. The Hall–Kier alpha value is -2.24. The zero-order valence-corrected chi connectivity index (χ0v) is 12.4. The number of pyridine rings is 1. The first-order valence-corrected chi connectivity index (χ1v) is 7.43. The molecule has 112 valence electrons. The molecule has 0 radical (unpaired) electrons. The largest absolute Gasteiger partial charge is 0.478 e. The molecule has 0 saturated carbocycles. The van der Waals surface area contributed by atoms with Gasteiger partial charge in [0, 0.05) is 32.1 Å². The minimum atomic E-state index is -3.77. The lowest BCUT2D eigenvalue weighted by atomic mass is 10.2. The normalized spacial score (nSPS) is 13.2. The zero-order valence-electron chi connectivity index (χ0n) is 11.6. The van der Waals surface area contributed by atoms with Gasteiger partial charge in [0.25, 0.3) is 0 Å². The van der Waals surface area contributed by atoms with E-state index in [2.05, 4.69) is 4.98 Å². The Labute approximate surface area is 123 Å². The summed E-state index contributed by atoms with van der Waals surface area (Å²) in [6.07, 6.45) is 4.69. The Morgan fingerprint density at radius 2 is 2.24 bits per heavy atom. The number of sulfonamides is 1. The molecule has 8 heteroatoms. The maximum atomic E-state index is 12.3. The number of nitriles is 1. The van der Waals surface area contributed by atoms with Crippen molar-refractivity contribution >= 4 is 22.1 Å². The Kier molecular flexibility index (Phi) is 5.58. The number of hydrogen-bond donors (Lipinski definition) is 1. The van der Waals surface area contributed by atoms with Gasteiger partial charge < -0.3 is 5.11 Å². The second-order valence-electron chi connectivity index (χ2n) is 4.44. The Bertz CT molecular complexity index is 692. The molecule has 1 atom stereocenters. The molecule has 1 unspecified atom stereocenters. The number of hydrogen-bond acceptors (Lipinski definition) is 5. The van der Waals surface area contributed by atoms with Crippen molar-refractivity contribution < 1.29 is 18.3 Å². The van der Waals surface area contributed by atoms with Crippen LogP contribution in [0.1, 0.15) is 12.5 Å². The third kappa shape index (κ3) is 4.66. The highest BCUT2D eigenvalue weighted by molar-refractivity contribution is 7.89. The van der Waals surface area contributed by atoms with Crippen molar-refractivity contribution in [3.63, 3.8) is 0 Å². The van der Waals surface area contributed by atoms with Crippen LogP contribution >= 0.6 is 0 Å². The van der Waals surface area contributed by atoms with Crippen LogP contribution in [0.2, 0.25) is 0 Å². The van der Waals surface area contributed by atoms with Crippen molar-refractivity contribution in [2.24, 2.45) is 5.92 Å². The van der Waals surface area contributed by atoms with E-state index in [1.54, 1.807) is 6.92 Å². The lowest BCUT2D eigenvalue weighted by Crippen LogP contribution is -2.30. The third-order valence-electron chi connectivity index (χ3n) is 2.61. The van der Waals surface area contributed by atoms with E-state index in [-0.39, 0.29) is 11.4 Å². The number of nitrogens with zero attached hydrogens (tertiary/aromatic N) is 3. The molecular formula is C13H15N3O4S. The van der Waals surface area contributed by atoms with Gasteiger partial charge in [0.1, 0.15) is 4.90 Å². The molecule has 1 N–H and O–H groups in total. The molecule has 21 heavy (non-hydrogen) atoms. The summed E-state index contributed by atoms with van der Waals surface area (Å²) in [5, 5.41) is 17.3. The lowest BCUT2D eigenvalue weighted by molar-refractivity contribution is -0.131. The molecule has 0 bridgehead atoms. The zero-order chi connectivity index (χ0) is 16.0. The molecule has 1 heterocycles. The maximum Gasteiger partial charge on any atom is 0.328 e. The van der Waals surface area contributed by atoms with E-state index >= 15 is 0 Å². The fourth-order valence-corrected chi connectivity index (χ4v) is 2.80. The molecule has 1 aromatic rings. The average molecular weight is 309 g/mol. The fraction of sp³-hybridized carbons (Fsp3) is 0.308. The van der Waals surface area contributed by atoms with Gasteiger partial charge in [-0.05, 0) is 24.6 Å². The van der Waals surface area contributed by atoms with Gasteiger partial charge in [-0.15, -0.1) is 0 Å². The van der Waals surface area contributed by atoms with Gasteiger partial charge in [-0.25, -0.2) is 13.2 Å². The van der Waals surface area contributed by atoms with Gasteiger partial charge in [-0.2, -0.15) is 9.57 Å². The summed E-state index contributed by atoms with van der Waals surface area (Å²) >= 11 is 0. The first-order valence-electron chi connectivity index (χ1n) is 5.99. The SMILES string of the molecule is CC(C#N)CN(C)S(=O)(=O)c1cncc(C=CC(=O)O)c1. The van der Waals surface area contributed by atoms with Gasteiger partial charge in [-0.3, -0.25) is 4.98 Å². The number of carbonyl (C=O) groups is 1. The van der Waals surface area contributed by atoms with Crippen molar-refractivity contribution in [3.05, 3.63) is 30.1 Å². The Balaban J connectivity index is 3.07. The summed E-state index contributed by atoms with van der Waals surface area (Å²) in [5.41, 5.74) is 0.361. The minimum Gasteiger partial charge on any atom is -0.478 e. The summed E-state index contributed by atoms with van der Waals surface area (Å²) in [4.78, 5) is 14.2. The molecule has 0 spiro atoms. The van der Waals surface area contributed by atoms with Crippen LogP contribution in [0.4, 0.5) is 0 Å². The first kappa shape index (κ1) is 16.8. The number of carboxylic acid groups (broad SMARTS) is 1. The highest BCUT2D eigenvalue weighted by atomic mass is 32.2. The maximum absolute atomic E-state index is 12.3. The van der Waals surface area contributed by atoms with E-state index in [1.807, 2.05) is 6.07 Å². The van der Waals surface area contributed by atoms with Crippen LogP contribution in [0, 0.1) is 17.2 Å². The van der Waals surface area contributed by atoms with Crippen LogP contribution in [-0.2, 0) is 14.8 Å². The Morgan fingerprint density at radius 1 is 1.57 bits per heavy atom. The Morgan fingerprint density at radius 3 is 2.81 bits per heavy atom. The lowest BCUT2D eigenvalue weighted by Gasteiger charge is -2.18. The highest BCUT2D eigenvalue weighted by Gasteiger charge is 2.22. The second-order valence-corrected chi connectivity index (χ2v) is 6.49. The highest BCUT2D eigenvalue weighted by Crippen LogP contribution is 2.16. The van der Waals surface area contributed by atoms with Crippen molar-refractivity contribution in [2.75, 3.05) is 13.6 Å². The molecule has 1 aromatic heterocycles. The van der Waals surface area contributed by atoms with Crippen LogP contribution in [0.15, 0.2) is 29.4 Å². The van der Waals surface area contributed by atoms with Crippen LogP contribution in [0.25, 0.3) is 6.08 Å². The monoisotopic (exact) mass is 309 g/mol. The first-order chi connectivity index (χ1) is 9.77. The topological polar surface area (TPSA) is 111 Å². The van der Waals surface area contributed by atoms with E-state index in [4.69, 9.17) is 10.4 Å². The molecule has 0 aliphatic rings. The summed E-state index contributed by atoms with van der Waals surface area (Å²) in [6, 6.07) is 3.29. The van der Waals surface area contributed by atoms with Gasteiger partial charge in [0.05, 0.1) is 12.0 Å². The van der Waals surface area contributed by atoms with E-state index in [1.165, 1.54) is 31.6 Å². The van der Waals surface area contributed by atoms with Crippen molar-refractivity contribution in [1.29, 1.82) is 5.26 Å². The molecule has 7 nitrogen and oxygen atoms in total. The number of carboxylic acids is 1. The number of rotatable bonds is 6. The standard InChI is InChI=1S/C13H15N3O4S/c1-10(6-14)9-16(2)21(19,20)12-5-11(7-15-8-12)3-4-13(17)18/h3-5,7-8,10H,9H2,1-2H3,(H,17,18). The molecule has 0 aliphatic carbocycles. The van der Waals surface area contributed by atoms with Crippen LogP contribution in [0.3, 0.4) is 0 Å². The fourth-order valence-electron chi connectivity index (χ4n) is 1.54. The minimum absolute atomic E-state index is 0.0531. The molecule has 0 fully saturated rings. The molecule has 0 saturated heterocycles. The predicted molar refractivity (Wildman–Crippen MR) is 75.5 cm³/mol. The summed E-state index contributed by atoms with van der Waals surface area (Å²) in [7, 11) is -2.39. The van der Waals surface area contributed by atoms with Crippen molar-refractivity contribution in [3.8, 4) is 6.07 Å². The van der Waals surface area contributed by atoms with Crippen LogP contribution in [-0.4, -0.2) is 42.4 Å². The summed E-state index contributed by atoms with van der Waals surface area (Å²) in [6.45, 7) is 1.68. The van der Waals surface area contributed by atoms with Crippen LogP contribution in [0.5, 0.6) is 0 Å². The van der Waals surface area contributed by atoms with E-state index in [0.29, 0.717) is 5.56 Å². The molecule has 1 rings (SSSR count). The molecular weight excluding hydrogens is 294 g/mol. The number of aromatic nitrogens is 1. The van der Waals surface area contributed by atoms with Gasteiger partial charge >= 0.3 is 5.97 Å². The second kappa shape index (κ2) is 6.97. The van der Waals surface area contributed by atoms with E-state index in [0.717, 1.165) is 10.4 Å². The summed E-state index contributed by atoms with van der Waals surface area (Å²) in [5.74, 6) is -1.57. The number of aliphatic carboxylic acids is 1. The molecule has 0 aromatic carbocycles. The average Bonchev–Trinajstić information content (AvgIpc) is 2.45. The smallest absolute Gasteiger partial charge is 0.328 e. The third-order valence-corrected chi connectivity index (χ3v) is 4.40. The van der Waals surface area contributed by atoms with Gasteiger partial charge in [-0.1, -0.05) is 0 Å². The van der Waals surface area contributed by atoms with Gasteiger partial charge in [0.15, 0.2) is 0 Å². The predicted octanol–water partition coefficient (Wildman–Crippen LogP) is 0.960. The van der Waals surface area contributed by atoms with E-state index < -0.39 is 21.9 Å². The van der Waals surface area contributed by atoms with Crippen LogP contribution < -0.4 is 0 Å². The van der Waals surface area contributed by atoms with E-state index in [9.17, 15) is 13.2 Å². The van der Waals surface area contributed by atoms with Crippen molar-refractivity contribution in [1.82, 2.24) is 9.29 Å². The van der Waals surface area contributed by atoms with Gasteiger partial charge in [0.2, 0.25) is 10.0 Å². The quantitative estimate of drug-likeness (QED) is 0.783. The molecule has 0 amide bonds.